The first-order valence-corrected chi connectivity index (χ1v) is 6.05. The molecule has 1 atom stereocenters. The molecule has 1 aromatic rings. The van der Waals surface area contributed by atoms with E-state index < -0.39 is 5.97 Å². The van der Waals surface area contributed by atoms with Crippen LogP contribution < -0.4 is 0 Å². The normalized spacial score (nSPS) is 19.7. The number of hydrogen-bond acceptors (Lipinski definition) is 2. The summed E-state index contributed by atoms with van der Waals surface area (Å²) in [5, 5.41) is 9.14. The SMILES string of the molecule is Cc1cc2c(cc1C)C(C(=O)O)CCS2. The Morgan fingerprint density at radius 2 is 2.07 bits per heavy atom. The molecule has 1 heterocycles. The van der Waals surface area contributed by atoms with Crippen LogP contribution in [0.4, 0.5) is 0 Å². The van der Waals surface area contributed by atoms with E-state index in [0.29, 0.717) is 0 Å². The van der Waals surface area contributed by atoms with Gasteiger partial charge >= 0.3 is 5.97 Å². The fourth-order valence-corrected chi connectivity index (χ4v) is 3.11. The zero-order chi connectivity index (χ0) is 11.0. The van der Waals surface area contributed by atoms with Crippen molar-refractivity contribution in [2.75, 3.05) is 5.75 Å². The van der Waals surface area contributed by atoms with E-state index in [9.17, 15) is 4.79 Å². The predicted molar refractivity (Wildman–Crippen MR) is 61.6 cm³/mol. The molecule has 0 fully saturated rings. The van der Waals surface area contributed by atoms with Gasteiger partial charge in [-0.15, -0.1) is 11.8 Å². The lowest BCUT2D eigenvalue weighted by atomic mass is 9.93. The number of thioether (sulfide) groups is 1. The third kappa shape index (κ3) is 1.88. The van der Waals surface area contributed by atoms with Crippen molar-refractivity contribution in [1.29, 1.82) is 0 Å². The molecule has 80 valence electrons. The van der Waals surface area contributed by atoms with E-state index in [2.05, 4.69) is 13.0 Å². The maximum atomic E-state index is 11.1. The van der Waals surface area contributed by atoms with Crippen LogP contribution >= 0.6 is 11.8 Å². The van der Waals surface area contributed by atoms with Gasteiger partial charge in [0.1, 0.15) is 0 Å². The highest BCUT2D eigenvalue weighted by Crippen LogP contribution is 2.38. The number of aryl methyl sites for hydroxylation is 2. The summed E-state index contributed by atoms with van der Waals surface area (Å²) in [4.78, 5) is 12.3. The summed E-state index contributed by atoms with van der Waals surface area (Å²) >= 11 is 1.77. The van der Waals surface area contributed by atoms with E-state index >= 15 is 0 Å². The van der Waals surface area contributed by atoms with Gasteiger partial charge in [0, 0.05) is 4.90 Å². The van der Waals surface area contributed by atoms with Crippen LogP contribution in [-0.2, 0) is 4.79 Å². The highest BCUT2D eigenvalue weighted by molar-refractivity contribution is 7.99. The summed E-state index contributed by atoms with van der Waals surface area (Å²) in [6, 6.07) is 4.15. The van der Waals surface area contributed by atoms with E-state index in [0.717, 1.165) is 22.6 Å². The summed E-state index contributed by atoms with van der Waals surface area (Å²) < 4.78 is 0. The van der Waals surface area contributed by atoms with Gasteiger partial charge in [-0.3, -0.25) is 4.79 Å². The standard InChI is InChI=1S/C12H14O2S/c1-7-5-10-9(12(13)14)3-4-15-11(10)6-8(7)2/h5-6,9H,3-4H2,1-2H3,(H,13,14). The molecule has 0 bridgehead atoms. The molecule has 0 aromatic heterocycles. The molecule has 1 aliphatic rings. The van der Waals surface area contributed by atoms with E-state index in [4.69, 9.17) is 5.11 Å². The van der Waals surface area contributed by atoms with Crippen molar-refractivity contribution in [1.82, 2.24) is 0 Å². The quantitative estimate of drug-likeness (QED) is 0.793. The third-order valence-electron chi connectivity index (χ3n) is 2.96. The second-order valence-corrected chi connectivity index (χ2v) is 5.14. The van der Waals surface area contributed by atoms with Gasteiger partial charge < -0.3 is 5.11 Å². The Balaban J connectivity index is 2.51. The largest absolute Gasteiger partial charge is 0.481 e. The summed E-state index contributed by atoms with van der Waals surface area (Å²) in [6.07, 6.45) is 0.746. The van der Waals surface area contributed by atoms with Crippen molar-refractivity contribution >= 4 is 17.7 Å². The van der Waals surface area contributed by atoms with Crippen LogP contribution in [0.15, 0.2) is 17.0 Å². The zero-order valence-electron chi connectivity index (χ0n) is 8.91. The van der Waals surface area contributed by atoms with E-state index in [-0.39, 0.29) is 5.92 Å². The minimum Gasteiger partial charge on any atom is -0.481 e. The molecule has 0 saturated heterocycles. The van der Waals surface area contributed by atoms with Gasteiger partial charge in [0.2, 0.25) is 0 Å². The van der Waals surface area contributed by atoms with Gasteiger partial charge in [-0.25, -0.2) is 0 Å². The molecule has 2 rings (SSSR count). The highest BCUT2D eigenvalue weighted by Gasteiger charge is 2.26. The number of aliphatic carboxylic acids is 1. The fraction of sp³-hybridized carbons (Fsp3) is 0.417. The molecule has 1 aliphatic heterocycles. The van der Waals surface area contributed by atoms with Crippen LogP contribution in [0, 0.1) is 13.8 Å². The van der Waals surface area contributed by atoms with Crippen LogP contribution in [0.2, 0.25) is 0 Å². The molecule has 0 saturated carbocycles. The Kier molecular flexibility index (Phi) is 2.74. The van der Waals surface area contributed by atoms with Crippen molar-refractivity contribution in [3.63, 3.8) is 0 Å². The molecule has 1 N–H and O–H groups in total. The average molecular weight is 222 g/mol. The summed E-state index contributed by atoms with van der Waals surface area (Å²) in [6.45, 7) is 4.11. The van der Waals surface area contributed by atoms with Crippen LogP contribution in [0.1, 0.15) is 29.0 Å². The maximum Gasteiger partial charge on any atom is 0.311 e. The van der Waals surface area contributed by atoms with Crippen molar-refractivity contribution in [2.45, 2.75) is 31.1 Å². The van der Waals surface area contributed by atoms with Gasteiger partial charge in [-0.05, 0) is 48.8 Å². The van der Waals surface area contributed by atoms with Crippen LogP contribution in [0.5, 0.6) is 0 Å². The van der Waals surface area contributed by atoms with Crippen molar-refractivity contribution in [3.05, 3.63) is 28.8 Å². The Labute approximate surface area is 93.7 Å². The van der Waals surface area contributed by atoms with Gasteiger partial charge in [0.05, 0.1) is 5.92 Å². The lowest BCUT2D eigenvalue weighted by Crippen LogP contribution is -2.17. The molecule has 3 heteroatoms. The molecule has 0 amide bonds. The third-order valence-corrected chi connectivity index (χ3v) is 4.07. The summed E-state index contributed by atoms with van der Waals surface area (Å²) in [7, 11) is 0. The molecule has 0 aliphatic carbocycles. The van der Waals surface area contributed by atoms with Crippen LogP contribution in [0.25, 0.3) is 0 Å². The number of carboxylic acid groups (broad SMARTS) is 1. The minimum atomic E-state index is -0.695. The van der Waals surface area contributed by atoms with Gasteiger partial charge in [0.15, 0.2) is 0 Å². The highest BCUT2D eigenvalue weighted by atomic mass is 32.2. The van der Waals surface area contributed by atoms with Crippen molar-refractivity contribution in [3.8, 4) is 0 Å². The number of hydrogen-bond donors (Lipinski definition) is 1. The number of benzene rings is 1. The van der Waals surface area contributed by atoms with E-state index in [1.807, 2.05) is 13.0 Å². The van der Waals surface area contributed by atoms with Gasteiger partial charge in [0.25, 0.3) is 0 Å². The molecular formula is C12H14O2S. The molecule has 0 spiro atoms. The lowest BCUT2D eigenvalue weighted by Gasteiger charge is -2.23. The number of rotatable bonds is 1. The fourth-order valence-electron chi connectivity index (χ4n) is 1.91. The summed E-state index contributed by atoms with van der Waals surface area (Å²) in [5.74, 6) is -0.0905. The average Bonchev–Trinajstić information content (AvgIpc) is 2.18. The maximum absolute atomic E-state index is 11.1. The Hall–Kier alpha value is -0.960. The summed E-state index contributed by atoms with van der Waals surface area (Å²) in [5.41, 5.74) is 3.43. The second-order valence-electron chi connectivity index (χ2n) is 4.00. The Bertz CT molecular complexity index is 412. The number of fused-ring (bicyclic) bond motifs is 1. The topological polar surface area (TPSA) is 37.3 Å². The van der Waals surface area contributed by atoms with Crippen LogP contribution in [-0.4, -0.2) is 16.8 Å². The Morgan fingerprint density at radius 1 is 1.40 bits per heavy atom. The molecule has 1 unspecified atom stereocenters. The van der Waals surface area contributed by atoms with E-state index in [1.165, 1.54) is 11.1 Å². The molecular weight excluding hydrogens is 208 g/mol. The predicted octanol–water partition coefficient (Wildman–Crippen LogP) is 2.97. The number of carboxylic acids is 1. The first-order valence-electron chi connectivity index (χ1n) is 5.06. The molecule has 0 radical (unpaired) electrons. The van der Waals surface area contributed by atoms with Crippen LogP contribution in [0.3, 0.4) is 0 Å². The number of carbonyl (C=O) groups is 1. The first-order chi connectivity index (χ1) is 7.09. The molecule has 2 nitrogen and oxygen atoms in total. The Morgan fingerprint density at radius 3 is 2.73 bits per heavy atom. The monoisotopic (exact) mass is 222 g/mol. The smallest absolute Gasteiger partial charge is 0.311 e. The molecule has 15 heavy (non-hydrogen) atoms. The minimum absolute atomic E-state index is 0.305. The second kappa shape index (κ2) is 3.89. The van der Waals surface area contributed by atoms with Crippen molar-refractivity contribution < 1.29 is 9.90 Å². The van der Waals surface area contributed by atoms with Gasteiger partial charge in [-0.2, -0.15) is 0 Å². The van der Waals surface area contributed by atoms with Gasteiger partial charge in [-0.1, -0.05) is 6.07 Å². The van der Waals surface area contributed by atoms with E-state index in [1.54, 1.807) is 11.8 Å². The molecule has 1 aromatic carbocycles. The first kappa shape index (κ1) is 10.6. The zero-order valence-corrected chi connectivity index (χ0v) is 9.73. The van der Waals surface area contributed by atoms with Crippen molar-refractivity contribution in [2.24, 2.45) is 0 Å². The lowest BCUT2D eigenvalue weighted by molar-refractivity contribution is -0.138.